The first-order valence-corrected chi connectivity index (χ1v) is 1.56. The summed E-state index contributed by atoms with van der Waals surface area (Å²) in [5, 5.41) is 17.6. The summed E-state index contributed by atoms with van der Waals surface area (Å²) in [5.41, 5.74) is 0. The van der Waals surface area contributed by atoms with Gasteiger partial charge in [0.25, 0.3) is 5.97 Å². The van der Waals surface area contributed by atoms with Crippen LogP contribution in [0.25, 0.3) is 1.43 Å². The minimum atomic E-state index is -1.58. The Morgan fingerprint density at radius 1 is 1.56 bits per heavy atom. The molecular formula is C3H7KO5. The summed E-state index contributed by atoms with van der Waals surface area (Å²) >= 11 is 0. The predicted octanol–water partition coefficient (Wildman–Crippen LogP) is -2.57. The van der Waals surface area contributed by atoms with E-state index < -0.39 is 12.1 Å². The van der Waals surface area contributed by atoms with Crippen molar-refractivity contribution in [2.45, 2.75) is 6.92 Å². The zero-order valence-corrected chi connectivity index (χ0v) is 8.24. The second-order valence-electron chi connectivity index (χ2n) is 0.785. The van der Waals surface area contributed by atoms with Gasteiger partial charge in [0.15, 0.2) is 0 Å². The molecule has 0 spiro atoms. The van der Waals surface area contributed by atoms with E-state index in [1.807, 2.05) is 0 Å². The van der Waals surface area contributed by atoms with Crippen LogP contribution in [0, 0.1) is 0 Å². The van der Waals surface area contributed by atoms with Crippen molar-refractivity contribution >= 4 is 12.1 Å². The van der Waals surface area contributed by atoms with Gasteiger partial charge in [0.1, 0.15) is 0 Å². The Morgan fingerprint density at radius 2 is 1.67 bits per heavy atom. The Balaban J connectivity index is -0.0000000383. The SMILES string of the molecule is CC(=O)O.[3H]OC(=O)O.[H-].[K+]. The molecule has 6 heteroatoms. The van der Waals surface area contributed by atoms with Crippen LogP contribution in [0.4, 0.5) is 4.79 Å². The maximum absolute atomic E-state index is 9.00. The zero-order valence-electron chi connectivity index (χ0n) is 7.12. The summed E-state index contributed by atoms with van der Waals surface area (Å²) in [5.74, 6) is -0.833. The molecule has 0 aromatic heterocycles. The van der Waals surface area contributed by atoms with Gasteiger partial charge < -0.3 is 16.7 Å². The second kappa shape index (κ2) is 11.2. The van der Waals surface area contributed by atoms with Crippen molar-refractivity contribution < 1.29 is 77.7 Å². The van der Waals surface area contributed by atoms with Crippen LogP contribution >= 0.6 is 0 Å². The third-order valence-electron chi connectivity index (χ3n) is 0. The van der Waals surface area contributed by atoms with Crippen LogP contribution < -0.4 is 51.4 Å². The Morgan fingerprint density at radius 3 is 1.67 bits per heavy atom. The molecule has 0 unspecified atom stereocenters. The van der Waals surface area contributed by atoms with Crippen molar-refractivity contribution in [1.29, 1.82) is 1.43 Å². The van der Waals surface area contributed by atoms with Crippen molar-refractivity contribution in [3.05, 3.63) is 0 Å². The molecule has 0 bridgehead atoms. The molecule has 0 radical (unpaired) electrons. The molecule has 0 aromatic carbocycles. The average Bonchev–Trinajstić information content (AvgIpc) is 1.65. The minimum Gasteiger partial charge on any atom is -1.00 e. The average molecular weight is 164 g/mol. The maximum atomic E-state index is 9.00. The smallest absolute Gasteiger partial charge is 1.00 e. The Labute approximate surface area is 97.1 Å². The van der Waals surface area contributed by atoms with Crippen molar-refractivity contribution in [3.8, 4) is 0 Å². The van der Waals surface area contributed by atoms with E-state index in [1.165, 1.54) is 0 Å². The van der Waals surface area contributed by atoms with Crippen LogP contribution in [0.3, 0.4) is 0 Å². The maximum Gasteiger partial charge on any atom is 1.00 e. The van der Waals surface area contributed by atoms with Crippen LogP contribution in [0.2, 0.25) is 0 Å². The number of carbonyl (C=O) groups is 2. The first-order valence-electron chi connectivity index (χ1n) is 1.97. The monoisotopic (exact) mass is 164 g/mol. The van der Waals surface area contributed by atoms with Gasteiger partial charge in [0.05, 0.1) is 0 Å². The van der Waals surface area contributed by atoms with Gasteiger partial charge in [-0.05, 0) is 0 Å². The fourth-order valence-corrected chi connectivity index (χ4v) is 0. The third-order valence-corrected chi connectivity index (χ3v) is 0. The number of rotatable bonds is 0. The van der Waals surface area contributed by atoms with E-state index in [0.29, 0.717) is 0 Å². The number of hydrogen-bond acceptors (Lipinski definition) is 3. The number of carboxylic acids is 1. The molecule has 5 nitrogen and oxygen atoms in total. The van der Waals surface area contributed by atoms with E-state index in [0.717, 1.165) is 6.92 Å². The molecular weight excluding hydrogens is 155 g/mol. The van der Waals surface area contributed by atoms with E-state index in [9.17, 15) is 0 Å². The normalized spacial score (nSPS) is 6.56. The summed E-state index contributed by atoms with van der Waals surface area (Å²) in [7, 11) is 0. The fourth-order valence-electron chi connectivity index (χ4n) is 0. The van der Waals surface area contributed by atoms with Gasteiger partial charge in [-0.25, -0.2) is 4.79 Å². The van der Waals surface area contributed by atoms with Gasteiger partial charge in [0, 0.05) is 6.92 Å². The Bertz CT molecular complexity index is 104. The number of carboxylic acid groups (broad SMARTS) is 3. The van der Waals surface area contributed by atoms with Gasteiger partial charge >= 0.3 is 59.0 Å². The second-order valence-corrected chi connectivity index (χ2v) is 0.785. The zero-order chi connectivity index (χ0) is 7.86. The largest absolute Gasteiger partial charge is 1.00 e. The molecule has 0 saturated heterocycles. The summed E-state index contributed by atoms with van der Waals surface area (Å²) in [6.45, 7) is 1.08. The summed E-state index contributed by atoms with van der Waals surface area (Å²) in [6.07, 6.45) is -1.58. The molecule has 0 atom stereocenters. The van der Waals surface area contributed by atoms with Crippen molar-refractivity contribution in [1.82, 2.24) is 0 Å². The predicted molar refractivity (Wildman–Crippen MR) is 25.1 cm³/mol. The molecule has 9 heavy (non-hydrogen) atoms. The molecule has 0 saturated carbocycles. The van der Waals surface area contributed by atoms with Crippen molar-refractivity contribution in [2.24, 2.45) is 0 Å². The molecule has 0 aliphatic carbocycles. The molecule has 3 N–H and O–H groups in total. The standard InChI is InChI=1S/C2H4O2.CH2O3.K.H/c1-2(3)4;2-1(3)4;;/h1H3,(H,3,4);(H2,2,3,4);;/q;;+1;-1/i/hT. The van der Waals surface area contributed by atoms with E-state index in [4.69, 9.17) is 21.2 Å². The van der Waals surface area contributed by atoms with Gasteiger partial charge in [-0.1, -0.05) is 0 Å². The molecule has 0 aliphatic heterocycles. The Kier molecular flexibility index (Phi) is 15.1. The third kappa shape index (κ3) is 2400. The van der Waals surface area contributed by atoms with E-state index in [2.05, 4.69) is 5.11 Å². The first-order chi connectivity index (χ1) is 4.00. The Hall–Kier alpha value is 0.376. The summed E-state index contributed by atoms with van der Waals surface area (Å²) in [6, 6.07) is 0. The molecule has 0 rings (SSSR count). The summed E-state index contributed by atoms with van der Waals surface area (Å²) < 4.78 is 5.56. The van der Waals surface area contributed by atoms with Crippen molar-refractivity contribution in [3.63, 3.8) is 0 Å². The van der Waals surface area contributed by atoms with E-state index >= 15 is 0 Å². The quantitative estimate of drug-likeness (QED) is 0.342. The van der Waals surface area contributed by atoms with Crippen LogP contribution in [0.15, 0.2) is 0 Å². The molecule has 0 aliphatic rings. The van der Waals surface area contributed by atoms with Crippen LogP contribution in [0.1, 0.15) is 8.35 Å². The minimum absolute atomic E-state index is 0. The van der Waals surface area contributed by atoms with Gasteiger partial charge in [-0.15, -0.1) is 0 Å². The van der Waals surface area contributed by atoms with E-state index in [1.54, 1.807) is 0 Å². The number of hydrogen-bond donors (Lipinski definition) is 3. The number of aliphatic carboxylic acids is 1. The van der Waals surface area contributed by atoms with Gasteiger partial charge in [-0.2, -0.15) is 0 Å². The van der Waals surface area contributed by atoms with Gasteiger partial charge in [0.2, 0.25) is 0 Å². The van der Waals surface area contributed by atoms with Crippen LogP contribution in [-0.4, -0.2) is 27.4 Å². The molecule has 0 amide bonds. The van der Waals surface area contributed by atoms with Gasteiger partial charge in [-0.3, -0.25) is 4.79 Å². The summed E-state index contributed by atoms with van der Waals surface area (Å²) in [4.78, 5) is 18.0. The molecule has 0 fully saturated rings. The molecule has 0 aromatic rings. The van der Waals surface area contributed by atoms with Crippen LogP contribution in [-0.2, 0) is 4.79 Å². The fraction of sp³-hybridized carbons (Fsp3) is 0.333. The van der Waals surface area contributed by atoms with E-state index in [-0.39, 0.29) is 52.8 Å². The topological polar surface area (TPSA) is 94.8 Å². The molecule has 50 valence electrons. The first kappa shape index (κ1) is 12.1. The molecule has 0 heterocycles. The van der Waals surface area contributed by atoms with Crippen LogP contribution in [0.5, 0.6) is 0 Å². The van der Waals surface area contributed by atoms with Crippen molar-refractivity contribution in [2.75, 3.05) is 0 Å².